The number of ether oxygens (including phenoxy) is 1. The number of hydrogen-bond acceptors (Lipinski definition) is 2. The summed E-state index contributed by atoms with van der Waals surface area (Å²) in [6, 6.07) is 0. The van der Waals surface area contributed by atoms with Crippen molar-refractivity contribution < 1.29 is 4.74 Å². The number of nitrogens with zero attached hydrogens (tertiary/aromatic N) is 1. The fraction of sp³-hybridized carbons (Fsp3) is 1.00. The van der Waals surface area contributed by atoms with E-state index >= 15 is 0 Å². The van der Waals surface area contributed by atoms with Gasteiger partial charge in [-0.1, -0.05) is 50.5 Å². The maximum absolute atomic E-state index is 5.54. The minimum atomic E-state index is 0.165. The van der Waals surface area contributed by atoms with Crippen molar-refractivity contribution in [2.75, 3.05) is 57.5 Å². The van der Waals surface area contributed by atoms with E-state index in [1.54, 1.807) is 0 Å². The molecule has 0 N–H and O–H groups in total. The molecular formula is C16H33NOP2. The van der Waals surface area contributed by atoms with Crippen LogP contribution in [0.1, 0.15) is 34.6 Å². The van der Waals surface area contributed by atoms with Gasteiger partial charge in [0.25, 0.3) is 0 Å². The predicted molar refractivity (Wildman–Crippen MR) is 94.4 cm³/mol. The highest BCUT2D eigenvalue weighted by Gasteiger charge is 2.34. The van der Waals surface area contributed by atoms with E-state index in [9.17, 15) is 0 Å². The van der Waals surface area contributed by atoms with E-state index in [4.69, 9.17) is 4.74 Å². The Labute approximate surface area is 128 Å². The van der Waals surface area contributed by atoms with Crippen LogP contribution in [-0.4, -0.2) is 72.7 Å². The average Bonchev–Trinajstić information content (AvgIpc) is 2.39. The third kappa shape index (κ3) is 4.64. The van der Waals surface area contributed by atoms with E-state index in [0.29, 0.717) is 10.3 Å². The zero-order chi connectivity index (χ0) is 14.8. The molecule has 0 aromatic heterocycles. The Morgan fingerprint density at radius 2 is 1.40 bits per heavy atom. The van der Waals surface area contributed by atoms with Crippen LogP contribution in [0.5, 0.6) is 0 Å². The summed E-state index contributed by atoms with van der Waals surface area (Å²) < 4.78 is 5.54. The second kappa shape index (κ2) is 6.91. The molecule has 0 spiro atoms. The van der Waals surface area contributed by atoms with Gasteiger partial charge < -0.3 is 9.64 Å². The normalized spacial score (nSPS) is 25.1. The van der Waals surface area contributed by atoms with E-state index in [-0.39, 0.29) is 15.8 Å². The van der Waals surface area contributed by atoms with Crippen molar-refractivity contribution in [2.24, 2.45) is 0 Å². The molecule has 0 aromatic rings. The highest BCUT2D eigenvalue weighted by atomic mass is 31.1. The SMILES string of the molecule is CC(C)(C)P1CCN(CC(C)(C)P2CCOCC2)CC1. The molecule has 0 saturated carbocycles. The summed E-state index contributed by atoms with van der Waals surface area (Å²) in [6.45, 7) is 18.3. The molecular weight excluding hydrogens is 284 g/mol. The molecule has 0 unspecified atom stereocenters. The maximum atomic E-state index is 5.54. The van der Waals surface area contributed by atoms with E-state index in [1.807, 2.05) is 0 Å². The summed E-state index contributed by atoms with van der Waals surface area (Å²) in [5, 5.41) is 1.07. The quantitative estimate of drug-likeness (QED) is 0.733. The monoisotopic (exact) mass is 317 g/mol. The van der Waals surface area contributed by atoms with Gasteiger partial charge >= 0.3 is 0 Å². The lowest BCUT2D eigenvalue weighted by atomic mass is 10.2. The lowest BCUT2D eigenvalue weighted by Gasteiger charge is -2.44. The molecule has 2 rings (SSSR count). The van der Waals surface area contributed by atoms with Crippen molar-refractivity contribution in [1.82, 2.24) is 4.90 Å². The van der Waals surface area contributed by atoms with Crippen LogP contribution >= 0.6 is 15.8 Å². The first-order valence-corrected chi connectivity index (χ1v) is 11.5. The minimum absolute atomic E-state index is 0.165. The Hall–Kier alpha value is 0.780. The zero-order valence-electron chi connectivity index (χ0n) is 14.1. The van der Waals surface area contributed by atoms with Crippen LogP contribution in [0.15, 0.2) is 0 Å². The molecule has 2 nitrogen and oxygen atoms in total. The molecule has 0 amide bonds. The van der Waals surface area contributed by atoms with Crippen molar-refractivity contribution in [2.45, 2.75) is 44.9 Å². The highest BCUT2D eigenvalue weighted by Crippen LogP contribution is 2.53. The molecule has 2 aliphatic heterocycles. The van der Waals surface area contributed by atoms with Crippen LogP contribution in [0.25, 0.3) is 0 Å². The second-order valence-electron chi connectivity index (χ2n) is 7.85. The first kappa shape index (κ1) is 17.1. The van der Waals surface area contributed by atoms with Gasteiger partial charge in [-0.3, -0.25) is 0 Å². The van der Waals surface area contributed by atoms with Gasteiger partial charge in [0.1, 0.15) is 0 Å². The standard InChI is InChI=1S/C16H33NOP2/c1-15(2,3)19-10-6-17(7-11-19)14-16(4,5)20-12-8-18-9-13-20/h6-14H2,1-5H3. The summed E-state index contributed by atoms with van der Waals surface area (Å²) in [5.41, 5.74) is 0. The first-order valence-electron chi connectivity index (χ1n) is 8.09. The summed E-state index contributed by atoms with van der Waals surface area (Å²) in [7, 11) is 0.413. The predicted octanol–water partition coefficient (Wildman–Crippen LogP) is 3.87. The van der Waals surface area contributed by atoms with E-state index in [0.717, 1.165) is 13.2 Å². The summed E-state index contributed by atoms with van der Waals surface area (Å²) in [6.07, 6.45) is 5.56. The van der Waals surface area contributed by atoms with Gasteiger partial charge in [0.15, 0.2) is 0 Å². The van der Waals surface area contributed by atoms with Crippen LogP contribution in [0, 0.1) is 0 Å². The Morgan fingerprint density at radius 1 is 0.850 bits per heavy atom. The molecule has 2 saturated heterocycles. The molecule has 2 aliphatic rings. The molecule has 2 heterocycles. The maximum Gasteiger partial charge on any atom is 0.0505 e. The lowest BCUT2D eigenvalue weighted by molar-refractivity contribution is 0.156. The zero-order valence-corrected chi connectivity index (χ0v) is 15.9. The van der Waals surface area contributed by atoms with Crippen molar-refractivity contribution >= 4 is 15.8 Å². The smallest absolute Gasteiger partial charge is 0.0505 e. The van der Waals surface area contributed by atoms with Gasteiger partial charge in [0.05, 0.1) is 13.2 Å². The van der Waals surface area contributed by atoms with Crippen LogP contribution < -0.4 is 0 Å². The lowest BCUT2D eigenvalue weighted by Crippen LogP contribution is -2.45. The topological polar surface area (TPSA) is 12.5 Å². The molecule has 20 heavy (non-hydrogen) atoms. The third-order valence-electron chi connectivity index (χ3n) is 4.80. The first-order chi connectivity index (χ1) is 9.29. The summed E-state index contributed by atoms with van der Waals surface area (Å²) >= 11 is 0. The van der Waals surface area contributed by atoms with Gasteiger partial charge in [0.2, 0.25) is 0 Å². The van der Waals surface area contributed by atoms with Crippen LogP contribution in [0.4, 0.5) is 0 Å². The average molecular weight is 317 g/mol. The molecule has 0 aliphatic carbocycles. The molecule has 4 heteroatoms. The second-order valence-corrected chi connectivity index (χ2v) is 14.3. The molecule has 0 aromatic carbocycles. The van der Waals surface area contributed by atoms with Crippen LogP contribution in [-0.2, 0) is 4.74 Å². The van der Waals surface area contributed by atoms with E-state index < -0.39 is 0 Å². The van der Waals surface area contributed by atoms with Crippen LogP contribution in [0.3, 0.4) is 0 Å². The Morgan fingerprint density at radius 3 is 1.90 bits per heavy atom. The minimum Gasteiger partial charge on any atom is -0.381 e. The van der Waals surface area contributed by atoms with E-state index in [1.165, 1.54) is 44.3 Å². The number of rotatable bonds is 3. The third-order valence-corrected chi connectivity index (χ3v) is 11.5. The van der Waals surface area contributed by atoms with Gasteiger partial charge in [-0.25, -0.2) is 0 Å². The fourth-order valence-corrected chi connectivity index (χ4v) is 8.54. The summed E-state index contributed by atoms with van der Waals surface area (Å²) in [4.78, 5) is 2.75. The van der Waals surface area contributed by atoms with Crippen molar-refractivity contribution in [3.63, 3.8) is 0 Å². The molecule has 2 fully saturated rings. The largest absolute Gasteiger partial charge is 0.381 e. The van der Waals surface area contributed by atoms with E-state index in [2.05, 4.69) is 39.5 Å². The van der Waals surface area contributed by atoms with Gasteiger partial charge in [-0.2, -0.15) is 0 Å². The van der Waals surface area contributed by atoms with Gasteiger partial charge in [0, 0.05) is 19.6 Å². The molecule has 118 valence electrons. The molecule has 0 bridgehead atoms. The highest BCUT2D eigenvalue weighted by molar-refractivity contribution is 7.59. The Kier molecular flexibility index (Phi) is 5.92. The van der Waals surface area contributed by atoms with Gasteiger partial charge in [-0.05, 0) is 35.0 Å². The van der Waals surface area contributed by atoms with Crippen molar-refractivity contribution in [3.8, 4) is 0 Å². The fourth-order valence-electron chi connectivity index (χ4n) is 3.39. The van der Waals surface area contributed by atoms with Crippen molar-refractivity contribution in [3.05, 3.63) is 0 Å². The summed E-state index contributed by atoms with van der Waals surface area (Å²) in [5.74, 6) is 0. The number of hydrogen-bond donors (Lipinski definition) is 0. The van der Waals surface area contributed by atoms with Gasteiger partial charge in [-0.15, -0.1) is 0 Å². The van der Waals surface area contributed by atoms with Crippen molar-refractivity contribution in [1.29, 1.82) is 0 Å². The molecule has 0 atom stereocenters. The Balaban J connectivity index is 1.82. The Bertz CT molecular complexity index is 300. The molecule has 0 radical (unpaired) electrons. The van der Waals surface area contributed by atoms with Crippen LogP contribution in [0.2, 0.25) is 0 Å².